The van der Waals surface area contributed by atoms with Crippen LogP contribution in [-0.4, -0.2) is 56.9 Å². The molecule has 1 unspecified atom stereocenters. The molecule has 1 aliphatic heterocycles. The summed E-state index contributed by atoms with van der Waals surface area (Å²) in [7, 11) is 0. The highest BCUT2D eigenvalue weighted by Gasteiger charge is 2.21. The zero-order valence-corrected chi connectivity index (χ0v) is 18.2. The number of aromatic nitrogens is 4. The predicted molar refractivity (Wildman–Crippen MR) is 124 cm³/mol. The highest BCUT2D eigenvalue weighted by atomic mass is 19.1. The second-order valence-electron chi connectivity index (χ2n) is 8.58. The number of H-pyrrole nitrogens is 1. The lowest BCUT2D eigenvalue weighted by molar-refractivity contribution is 0.153. The molecule has 3 heterocycles. The van der Waals surface area contributed by atoms with E-state index >= 15 is 0 Å². The number of aryl methyl sites for hydroxylation is 1. The maximum absolute atomic E-state index is 13.2. The summed E-state index contributed by atoms with van der Waals surface area (Å²) in [5.74, 6) is -0.167. The Morgan fingerprint density at radius 3 is 2.72 bits per heavy atom. The van der Waals surface area contributed by atoms with Crippen molar-refractivity contribution in [2.24, 2.45) is 0 Å². The number of hydrogen-bond acceptors (Lipinski definition) is 4. The van der Waals surface area contributed by atoms with E-state index in [1.807, 2.05) is 16.7 Å². The van der Waals surface area contributed by atoms with Crippen molar-refractivity contribution in [2.45, 2.75) is 31.7 Å². The molecule has 166 valence electrons. The number of halogens is 1. The molecule has 0 bridgehead atoms. The number of rotatable bonds is 8. The molecule has 0 spiro atoms. The van der Waals surface area contributed by atoms with Crippen LogP contribution in [0.5, 0.6) is 0 Å². The molecule has 0 radical (unpaired) electrons. The minimum Gasteiger partial charge on any atom is -0.361 e. The van der Waals surface area contributed by atoms with E-state index in [0.717, 1.165) is 63.1 Å². The van der Waals surface area contributed by atoms with Gasteiger partial charge in [-0.1, -0.05) is 12.1 Å². The summed E-state index contributed by atoms with van der Waals surface area (Å²) in [4.78, 5) is 6.01. The Kier molecular flexibility index (Phi) is 6.27. The summed E-state index contributed by atoms with van der Waals surface area (Å²) in [6.45, 7) is 4.16. The summed E-state index contributed by atoms with van der Waals surface area (Å²) in [6, 6.07) is 13.9. The first-order chi connectivity index (χ1) is 15.8. The molecule has 2 N–H and O–H groups in total. The van der Waals surface area contributed by atoms with Crippen molar-refractivity contribution in [3.8, 4) is 5.69 Å². The van der Waals surface area contributed by atoms with Crippen LogP contribution in [0.1, 0.15) is 24.0 Å². The van der Waals surface area contributed by atoms with Crippen LogP contribution in [0.4, 0.5) is 4.39 Å². The average molecular weight is 433 g/mol. The third-order valence-electron chi connectivity index (χ3n) is 6.52. The van der Waals surface area contributed by atoms with Gasteiger partial charge in [0.15, 0.2) is 0 Å². The summed E-state index contributed by atoms with van der Waals surface area (Å²) >= 11 is 0. The minimum absolute atomic E-state index is 0.167. The van der Waals surface area contributed by atoms with Gasteiger partial charge in [-0.05, 0) is 67.1 Å². The SMILES string of the molecule is Fc1ccc(CCN2CCNCC2CCCc2c[nH]c3ccc(-n4cnnc4)cc23)cc1. The normalized spacial score (nSPS) is 17.2. The van der Waals surface area contributed by atoms with Crippen LogP contribution in [-0.2, 0) is 12.8 Å². The zero-order valence-electron chi connectivity index (χ0n) is 18.2. The number of hydrogen-bond donors (Lipinski definition) is 2. The fraction of sp³-hybridized carbons (Fsp3) is 0.360. The standard InChI is InChI=1S/C25H29FN6/c26-21-6-4-19(5-7-21)10-12-31-13-11-27-16-23(31)3-1-2-20-15-28-25-9-8-22(14-24(20)25)32-17-29-30-18-32/h4-9,14-15,17-18,23,27-28H,1-3,10-13,16H2. The van der Waals surface area contributed by atoms with Gasteiger partial charge < -0.3 is 10.3 Å². The van der Waals surface area contributed by atoms with Crippen molar-refractivity contribution >= 4 is 10.9 Å². The lowest BCUT2D eigenvalue weighted by Crippen LogP contribution is -2.51. The number of piperazine rings is 1. The molecule has 0 aliphatic carbocycles. The molecular formula is C25H29FN6. The van der Waals surface area contributed by atoms with Gasteiger partial charge in [0.2, 0.25) is 0 Å². The highest BCUT2D eigenvalue weighted by Crippen LogP contribution is 2.24. The third kappa shape index (κ3) is 4.74. The first-order valence-corrected chi connectivity index (χ1v) is 11.4. The van der Waals surface area contributed by atoms with Crippen LogP contribution < -0.4 is 5.32 Å². The summed E-state index contributed by atoms with van der Waals surface area (Å²) < 4.78 is 15.1. The van der Waals surface area contributed by atoms with E-state index in [1.54, 1.807) is 24.8 Å². The molecule has 2 aromatic carbocycles. The van der Waals surface area contributed by atoms with E-state index < -0.39 is 0 Å². The van der Waals surface area contributed by atoms with Crippen molar-refractivity contribution in [1.82, 2.24) is 30.0 Å². The van der Waals surface area contributed by atoms with E-state index in [9.17, 15) is 4.39 Å². The number of aromatic amines is 1. The Balaban J connectivity index is 1.19. The van der Waals surface area contributed by atoms with Crippen molar-refractivity contribution in [2.75, 3.05) is 26.2 Å². The third-order valence-corrected chi connectivity index (χ3v) is 6.52. The molecule has 4 aromatic rings. The van der Waals surface area contributed by atoms with E-state index in [1.165, 1.54) is 16.5 Å². The maximum atomic E-state index is 13.2. The van der Waals surface area contributed by atoms with Crippen LogP contribution in [0.25, 0.3) is 16.6 Å². The minimum atomic E-state index is -0.167. The molecule has 32 heavy (non-hydrogen) atoms. The van der Waals surface area contributed by atoms with Crippen LogP contribution >= 0.6 is 0 Å². The van der Waals surface area contributed by atoms with Gasteiger partial charge in [-0.3, -0.25) is 9.47 Å². The predicted octanol–water partition coefficient (Wildman–Crippen LogP) is 3.73. The summed E-state index contributed by atoms with van der Waals surface area (Å²) in [5, 5.41) is 12.7. The Morgan fingerprint density at radius 1 is 1.03 bits per heavy atom. The molecule has 0 saturated carbocycles. The molecule has 2 aromatic heterocycles. The lowest BCUT2D eigenvalue weighted by atomic mass is 10.0. The highest BCUT2D eigenvalue weighted by molar-refractivity contribution is 5.85. The van der Waals surface area contributed by atoms with Gasteiger partial charge in [0, 0.05) is 55.0 Å². The Hall–Kier alpha value is -3.03. The monoisotopic (exact) mass is 432 g/mol. The van der Waals surface area contributed by atoms with E-state index in [0.29, 0.717) is 6.04 Å². The molecule has 0 amide bonds. The first-order valence-electron chi connectivity index (χ1n) is 11.4. The number of benzene rings is 2. The molecule has 7 heteroatoms. The Labute approximate surface area is 187 Å². The van der Waals surface area contributed by atoms with Gasteiger partial charge in [0.05, 0.1) is 0 Å². The molecular weight excluding hydrogens is 403 g/mol. The average Bonchev–Trinajstić information content (AvgIpc) is 3.50. The Bertz CT molecular complexity index is 1140. The van der Waals surface area contributed by atoms with Crippen molar-refractivity contribution in [3.05, 3.63) is 78.3 Å². The topological polar surface area (TPSA) is 61.8 Å². The van der Waals surface area contributed by atoms with E-state index in [-0.39, 0.29) is 5.82 Å². The van der Waals surface area contributed by atoms with Crippen molar-refractivity contribution < 1.29 is 4.39 Å². The quantitative estimate of drug-likeness (QED) is 0.445. The molecule has 1 saturated heterocycles. The van der Waals surface area contributed by atoms with E-state index in [4.69, 9.17) is 0 Å². The number of fused-ring (bicyclic) bond motifs is 1. The van der Waals surface area contributed by atoms with Gasteiger partial charge in [0.25, 0.3) is 0 Å². The zero-order chi connectivity index (χ0) is 21.8. The van der Waals surface area contributed by atoms with Gasteiger partial charge in [-0.25, -0.2) is 4.39 Å². The van der Waals surface area contributed by atoms with Gasteiger partial charge in [-0.2, -0.15) is 0 Å². The maximum Gasteiger partial charge on any atom is 0.123 e. The van der Waals surface area contributed by atoms with Crippen LogP contribution in [0.3, 0.4) is 0 Å². The largest absolute Gasteiger partial charge is 0.361 e. The molecule has 6 nitrogen and oxygen atoms in total. The Morgan fingerprint density at radius 2 is 1.88 bits per heavy atom. The second-order valence-corrected chi connectivity index (χ2v) is 8.58. The smallest absolute Gasteiger partial charge is 0.123 e. The van der Waals surface area contributed by atoms with E-state index in [2.05, 4.69) is 49.8 Å². The van der Waals surface area contributed by atoms with Gasteiger partial charge in [0.1, 0.15) is 18.5 Å². The lowest BCUT2D eigenvalue weighted by Gasteiger charge is -2.36. The fourth-order valence-electron chi connectivity index (χ4n) is 4.70. The van der Waals surface area contributed by atoms with Gasteiger partial charge in [-0.15, -0.1) is 10.2 Å². The summed E-state index contributed by atoms with van der Waals surface area (Å²) in [5.41, 5.74) is 4.80. The first kappa shape index (κ1) is 20.8. The fourth-order valence-corrected chi connectivity index (χ4v) is 4.70. The number of nitrogens with one attached hydrogen (secondary N) is 2. The van der Waals surface area contributed by atoms with Crippen LogP contribution in [0, 0.1) is 5.82 Å². The van der Waals surface area contributed by atoms with Crippen molar-refractivity contribution in [3.63, 3.8) is 0 Å². The number of nitrogens with zero attached hydrogens (tertiary/aromatic N) is 4. The van der Waals surface area contributed by atoms with Crippen LogP contribution in [0.2, 0.25) is 0 Å². The summed E-state index contributed by atoms with van der Waals surface area (Å²) in [6.07, 6.45) is 9.91. The molecule has 1 atom stereocenters. The van der Waals surface area contributed by atoms with Crippen molar-refractivity contribution in [1.29, 1.82) is 0 Å². The van der Waals surface area contributed by atoms with Gasteiger partial charge >= 0.3 is 0 Å². The molecule has 5 rings (SSSR count). The second kappa shape index (κ2) is 9.63. The van der Waals surface area contributed by atoms with Crippen LogP contribution in [0.15, 0.2) is 61.3 Å². The molecule has 1 aliphatic rings. The molecule has 1 fully saturated rings.